The van der Waals surface area contributed by atoms with Crippen molar-refractivity contribution in [2.75, 3.05) is 12.9 Å². The molecule has 2 aromatic rings. The summed E-state index contributed by atoms with van der Waals surface area (Å²) in [7, 11) is 1.58. The molecule has 0 saturated carbocycles. The number of nitrogens with one attached hydrogen (secondary N) is 3. The summed E-state index contributed by atoms with van der Waals surface area (Å²) in [6, 6.07) is 4.79. The van der Waals surface area contributed by atoms with Crippen molar-refractivity contribution in [2.45, 2.75) is 31.0 Å². The van der Waals surface area contributed by atoms with Crippen molar-refractivity contribution in [3.63, 3.8) is 0 Å². The van der Waals surface area contributed by atoms with E-state index in [9.17, 15) is 14.4 Å². The highest BCUT2D eigenvalue weighted by atomic mass is 32.2. The second-order valence-electron chi connectivity index (χ2n) is 6.01. The van der Waals surface area contributed by atoms with Gasteiger partial charge in [0.05, 0.1) is 23.9 Å². The van der Waals surface area contributed by atoms with E-state index < -0.39 is 23.4 Å². The minimum absolute atomic E-state index is 0.00312. The van der Waals surface area contributed by atoms with E-state index in [4.69, 9.17) is 4.74 Å². The number of hydrogen-bond acceptors (Lipinski definition) is 6. The number of thioether (sulfide) groups is 1. The number of H-pyrrole nitrogens is 1. The number of ether oxygens (including phenoxy) is 1. The van der Waals surface area contributed by atoms with Crippen LogP contribution in [0.3, 0.4) is 0 Å². The van der Waals surface area contributed by atoms with Crippen LogP contribution in [0, 0.1) is 0 Å². The molecule has 9 nitrogen and oxygen atoms in total. The maximum atomic E-state index is 12.2. The summed E-state index contributed by atoms with van der Waals surface area (Å²) in [5.74, 6) is -0.249. The van der Waals surface area contributed by atoms with Gasteiger partial charge in [-0.05, 0) is 25.5 Å². The van der Waals surface area contributed by atoms with Gasteiger partial charge in [0.15, 0.2) is 5.16 Å². The van der Waals surface area contributed by atoms with Gasteiger partial charge in [-0.3, -0.25) is 15.0 Å². The summed E-state index contributed by atoms with van der Waals surface area (Å²) in [5.41, 5.74) is 2.89. The van der Waals surface area contributed by atoms with E-state index >= 15 is 0 Å². The van der Waals surface area contributed by atoms with Crippen molar-refractivity contribution in [2.24, 2.45) is 0 Å². The van der Waals surface area contributed by atoms with Crippen LogP contribution in [0.15, 0.2) is 23.4 Å². The maximum Gasteiger partial charge on any atom is 0.344 e. The summed E-state index contributed by atoms with van der Waals surface area (Å²) < 4.78 is 5.16. The molecule has 0 aliphatic carbocycles. The fourth-order valence-corrected chi connectivity index (χ4v) is 3.15. The number of rotatable bonds is 6. The molecule has 138 valence electrons. The molecule has 1 aromatic heterocycles. The number of hydrazine groups is 1. The number of urea groups is 1. The summed E-state index contributed by atoms with van der Waals surface area (Å²) in [4.78, 5) is 43.7. The number of benzene rings is 1. The van der Waals surface area contributed by atoms with Crippen LogP contribution >= 0.6 is 11.8 Å². The number of imidazole rings is 1. The monoisotopic (exact) mass is 377 g/mol. The third-order valence-corrected chi connectivity index (χ3v) is 5.09. The quantitative estimate of drug-likeness (QED) is 0.518. The van der Waals surface area contributed by atoms with Crippen LogP contribution in [0.4, 0.5) is 4.79 Å². The number of imide groups is 1. The molecule has 0 bridgehead atoms. The fourth-order valence-electron chi connectivity index (χ4n) is 2.48. The Labute approximate surface area is 153 Å². The molecular formula is C16H19N5O4S. The molecule has 26 heavy (non-hydrogen) atoms. The predicted molar refractivity (Wildman–Crippen MR) is 95.6 cm³/mol. The van der Waals surface area contributed by atoms with E-state index in [0.717, 1.165) is 16.0 Å². The Bertz CT molecular complexity index is 883. The summed E-state index contributed by atoms with van der Waals surface area (Å²) in [6.45, 7) is 3.41. The van der Waals surface area contributed by atoms with E-state index in [1.165, 1.54) is 11.8 Å². The molecule has 0 radical (unpaired) electrons. The largest absolute Gasteiger partial charge is 0.497 e. The lowest BCUT2D eigenvalue weighted by Gasteiger charge is -2.19. The molecule has 1 fully saturated rings. The Morgan fingerprint density at radius 3 is 2.85 bits per heavy atom. The minimum Gasteiger partial charge on any atom is -0.497 e. The van der Waals surface area contributed by atoms with Gasteiger partial charge >= 0.3 is 6.03 Å². The molecule has 3 N–H and O–H groups in total. The number of carbonyl (C=O) groups excluding carboxylic acids is 3. The Morgan fingerprint density at radius 1 is 1.42 bits per heavy atom. The fraction of sp³-hybridized carbons (Fsp3) is 0.375. The Hall–Kier alpha value is -2.75. The number of hydrogen-bond donors (Lipinski definition) is 3. The zero-order chi connectivity index (χ0) is 18.9. The Morgan fingerprint density at radius 2 is 2.19 bits per heavy atom. The molecule has 1 aromatic carbocycles. The van der Waals surface area contributed by atoms with Gasteiger partial charge in [0.2, 0.25) is 5.91 Å². The standard InChI is InChI=1S/C16H19N5O4S/c1-4-16(2)13(23)21(15(24)19-16)20-12(22)8-26-14-17-10-6-5-9(25-3)7-11(10)18-14/h5-7H,4,8H2,1-3H3,(H,17,18)(H,19,24)(H,20,22)/t16-/m1/s1. The van der Waals surface area contributed by atoms with Gasteiger partial charge < -0.3 is 15.0 Å². The lowest BCUT2D eigenvalue weighted by Crippen LogP contribution is -2.49. The van der Waals surface area contributed by atoms with Crippen molar-refractivity contribution in [3.05, 3.63) is 18.2 Å². The predicted octanol–water partition coefficient (Wildman–Crippen LogP) is 1.42. The lowest BCUT2D eigenvalue weighted by atomic mass is 10.00. The summed E-state index contributed by atoms with van der Waals surface area (Å²) in [6.07, 6.45) is 0.432. The first-order valence-corrected chi connectivity index (χ1v) is 8.97. The molecule has 4 amide bonds. The third kappa shape index (κ3) is 3.32. The van der Waals surface area contributed by atoms with Gasteiger partial charge in [0, 0.05) is 6.07 Å². The molecule has 1 saturated heterocycles. The van der Waals surface area contributed by atoms with Gasteiger partial charge in [-0.15, -0.1) is 0 Å². The van der Waals surface area contributed by atoms with Crippen LogP contribution in [0.5, 0.6) is 5.75 Å². The van der Waals surface area contributed by atoms with Crippen LogP contribution in [0.2, 0.25) is 0 Å². The first-order valence-electron chi connectivity index (χ1n) is 7.99. The number of aromatic amines is 1. The van der Waals surface area contributed by atoms with Crippen LogP contribution in [-0.2, 0) is 9.59 Å². The Kier molecular flexibility index (Phi) is 4.77. The van der Waals surface area contributed by atoms with Gasteiger partial charge in [-0.1, -0.05) is 18.7 Å². The number of aromatic nitrogens is 2. The zero-order valence-corrected chi connectivity index (χ0v) is 15.4. The van der Waals surface area contributed by atoms with Crippen LogP contribution in [0.1, 0.15) is 20.3 Å². The first kappa shape index (κ1) is 18.1. The normalized spacial score (nSPS) is 19.7. The van der Waals surface area contributed by atoms with Crippen molar-refractivity contribution in [1.82, 2.24) is 25.7 Å². The Balaban J connectivity index is 1.61. The summed E-state index contributed by atoms with van der Waals surface area (Å²) >= 11 is 1.17. The van der Waals surface area contributed by atoms with E-state index in [0.29, 0.717) is 17.3 Å². The van der Waals surface area contributed by atoms with E-state index in [2.05, 4.69) is 20.7 Å². The third-order valence-electron chi connectivity index (χ3n) is 4.21. The molecule has 2 heterocycles. The number of nitrogens with zero attached hydrogens (tertiary/aromatic N) is 2. The lowest BCUT2D eigenvalue weighted by molar-refractivity contribution is -0.137. The van der Waals surface area contributed by atoms with E-state index in [-0.39, 0.29) is 5.75 Å². The second kappa shape index (κ2) is 6.87. The molecule has 3 rings (SSSR count). The van der Waals surface area contributed by atoms with Crippen molar-refractivity contribution in [3.8, 4) is 5.75 Å². The average Bonchev–Trinajstić information content (AvgIpc) is 3.13. The van der Waals surface area contributed by atoms with Crippen molar-refractivity contribution < 1.29 is 19.1 Å². The van der Waals surface area contributed by atoms with Crippen molar-refractivity contribution >= 4 is 40.6 Å². The molecule has 1 aliphatic heterocycles. The number of methoxy groups -OCH3 is 1. The number of carbonyl (C=O) groups is 3. The van der Waals surface area contributed by atoms with Gasteiger partial charge in [-0.25, -0.2) is 9.78 Å². The van der Waals surface area contributed by atoms with Gasteiger partial charge in [0.25, 0.3) is 5.91 Å². The summed E-state index contributed by atoms with van der Waals surface area (Å²) in [5, 5.41) is 3.86. The van der Waals surface area contributed by atoms with E-state index in [1.807, 2.05) is 12.1 Å². The highest BCUT2D eigenvalue weighted by Gasteiger charge is 2.47. The molecule has 0 unspecified atom stereocenters. The number of fused-ring (bicyclic) bond motifs is 1. The average molecular weight is 377 g/mol. The van der Waals surface area contributed by atoms with Crippen LogP contribution in [-0.4, -0.2) is 51.2 Å². The first-order chi connectivity index (χ1) is 12.4. The van der Waals surface area contributed by atoms with Crippen LogP contribution < -0.4 is 15.5 Å². The zero-order valence-electron chi connectivity index (χ0n) is 14.6. The molecule has 0 spiro atoms. The highest BCUT2D eigenvalue weighted by molar-refractivity contribution is 7.99. The smallest absolute Gasteiger partial charge is 0.344 e. The van der Waals surface area contributed by atoms with Crippen LogP contribution in [0.25, 0.3) is 11.0 Å². The highest BCUT2D eigenvalue weighted by Crippen LogP contribution is 2.23. The SMILES string of the molecule is CC[C@@]1(C)NC(=O)N(NC(=O)CSc2nc3ccc(OC)cc3[nH]2)C1=O. The molecule has 1 aliphatic rings. The molecular weight excluding hydrogens is 358 g/mol. The number of amides is 4. The van der Waals surface area contributed by atoms with Gasteiger partial charge in [0.1, 0.15) is 11.3 Å². The molecule has 10 heteroatoms. The minimum atomic E-state index is -0.991. The molecule has 1 atom stereocenters. The van der Waals surface area contributed by atoms with Crippen molar-refractivity contribution in [1.29, 1.82) is 0 Å². The second-order valence-corrected chi connectivity index (χ2v) is 6.97. The topological polar surface area (TPSA) is 116 Å². The maximum absolute atomic E-state index is 12.2. The van der Waals surface area contributed by atoms with Gasteiger partial charge in [-0.2, -0.15) is 5.01 Å². The van der Waals surface area contributed by atoms with E-state index in [1.54, 1.807) is 27.0 Å².